The number of fused-ring (bicyclic) bond motifs is 1. The minimum atomic E-state index is -0.636. The predicted octanol–water partition coefficient (Wildman–Crippen LogP) is 2.86. The van der Waals surface area contributed by atoms with Gasteiger partial charge in [0.05, 0.1) is 12.1 Å². The van der Waals surface area contributed by atoms with Crippen molar-refractivity contribution >= 4 is 45.8 Å². The van der Waals surface area contributed by atoms with Crippen molar-refractivity contribution in [3.05, 3.63) is 98.3 Å². The molecule has 9 nitrogen and oxygen atoms in total. The molecule has 0 saturated heterocycles. The molecule has 2 aromatic carbocycles. The molecule has 0 saturated carbocycles. The first kappa shape index (κ1) is 22.9. The first-order chi connectivity index (χ1) is 16.3. The lowest BCUT2D eigenvalue weighted by Gasteiger charge is -2.14. The van der Waals surface area contributed by atoms with Crippen molar-refractivity contribution in [1.82, 2.24) is 14.1 Å². The molecule has 4 rings (SSSR count). The van der Waals surface area contributed by atoms with Gasteiger partial charge in [-0.15, -0.1) is 0 Å². The zero-order chi connectivity index (χ0) is 24.2. The van der Waals surface area contributed by atoms with Gasteiger partial charge in [-0.05, 0) is 48.0 Å². The molecule has 2 amide bonds. The summed E-state index contributed by atoms with van der Waals surface area (Å²) in [5.74, 6) is -0.721. The molecule has 0 aliphatic carbocycles. The van der Waals surface area contributed by atoms with E-state index in [4.69, 9.17) is 11.6 Å². The fourth-order valence-corrected chi connectivity index (χ4v) is 3.66. The average Bonchev–Trinajstić information content (AvgIpc) is 2.80. The Bertz CT molecular complexity index is 1510. The summed E-state index contributed by atoms with van der Waals surface area (Å²) in [6.07, 6.45) is 1.46. The van der Waals surface area contributed by atoms with Crippen LogP contribution in [-0.4, -0.2) is 25.9 Å². The van der Waals surface area contributed by atoms with E-state index in [1.165, 1.54) is 17.7 Å². The number of amides is 2. The highest BCUT2D eigenvalue weighted by molar-refractivity contribution is 6.30. The molecule has 2 N–H and O–H groups in total. The van der Waals surface area contributed by atoms with Crippen molar-refractivity contribution < 1.29 is 9.59 Å². The maximum absolute atomic E-state index is 13.3. The molecule has 0 radical (unpaired) electrons. The van der Waals surface area contributed by atoms with Crippen LogP contribution in [0, 0.1) is 0 Å². The second kappa shape index (κ2) is 9.72. The molecular formula is C24H20ClN5O4. The van der Waals surface area contributed by atoms with Crippen LogP contribution in [0.4, 0.5) is 11.4 Å². The lowest BCUT2D eigenvalue weighted by Crippen LogP contribution is -2.42. The molecule has 172 valence electrons. The molecule has 0 fully saturated rings. The normalized spacial score (nSPS) is 10.8. The highest BCUT2D eigenvalue weighted by Gasteiger charge is 2.17. The van der Waals surface area contributed by atoms with E-state index < -0.39 is 17.2 Å². The zero-order valence-corrected chi connectivity index (χ0v) is 18.9. The van der Waals surface area contributed by atoms with Crippen molar-refractivity contribution in [3.8, 4) is 0 Å². The maximum Gasteiger partial charge on any atom is 0.332 e. The Hall–Kier alpha value is -4.24. The van der Waals surface area contributed by atoms with E-state index in [1.54, 1.807) is 60.7 Å². The topological polar surface area (TPSA) is 115 Å². The molecular weight excluding hydrogens is 458 g/mol. The van der Waals surface area contributed by atoms with Crippen molar-refractivity contribution in [2.75, 3.05) is 10.6 Å². The molecule has 2 aromatic heterocycles. The molecule has 10 heteroatoms. The van der Waals surface area contributed by atoms with Crippen molar-refractivity contribution in [2.45, 2.75) is 20.0 Å². The summed E-state index contributed by atoms with van der Waals surface area (Å²) in [5, 5.41) is 5.89. The van der Waals surface area contributed by atoms with E-state index in [-0.39, 0.29) is 30.0 Å². The Balaban J connectivity index is 1.68. The summed E-state index contributed by atoms with van der Waals surface area (Å²) in [5.41, 5.74) is 0.820. The number of aromatic nitrogens is 3. The molecule has 2 heterocycles. The van der Waals surface area contributed by atoms with Crippen LogP contribution in [-0.2, 0) is 22.7 Å². The first-order valence-electron chi connectivity index (χ1n) is 10.3. The fourth-order valence-electron chi connectivity index (χ4n) is 3.53. The van der Waals surface area contributed by atoms with Gasteiger partial charge < -0.3 is 10.6 Å². The molecule has 0 unspecified atom stereocenters. The summed E-state index contributed by atoms with van der Waals surface area (Å²) >= 11 is 5.93. The van der Waals surface area contributed by atoms with E-state index >= 15 is 0 Å². The van der Waals surface area contributed by atoms with Crippen molar-refractivity contribution in [3.63, 3.8) is 0 Å². The van der Waals surface area contributed by atoms with Gasteiger partial charge in [0.2, 0.25) is 11.8 Å². The number of pyridine rings is 1. The lowest BCUT2D eigenvalue weighted by atomic mass is 10.2. The molecule has 0 bridgehead atoms. The van der Waals surface area contributed by atoms with Crippen molar-refractivity contribution in [1.29, 1.82) is 0 Å². The molecule has 0 aliphatic rings. The number of hydrogen-bond acceptors (Lipinski definition) is 5. The van der Waals surface area contributed by atoms with Crippen LogP contribution in [0.1, 0.15) is 12.5 Å². The first-order valence-corrected chi connectivity index (χ1v) is 10.7. The van der Waals surface area contributed by atoms with Crippen LogP contribution in [0.25, 0.3) is 11.0 Å². The van der Waals surface area contributed by atoms with Gasteiger partial charge in [0.25, 0.3) is 5.56 Å². The average molecular weight is 478 g/mol. The van der Waals surface area contributed by atoms with Crippen LogP contribution in [0.2, 0.25) is 5.02 Å². The second-order valence-corrected chi connectivity index (χ2v) is 8.00. The third-order valence-electron chi connectivity index (χ3n) is 5.01. The Morgan fingerprint density at radius 1 is 0.941 bits per heavy atom. The van der Waals surface area contributed by atoms with Gasteiger partial charge in [0.15, 0.2) is 5.52 Å². The van der Waals surface area contributed by atoms with Crippen LogP contribution in [0.3, 0.4) is 0 Å². The summed E-state index contributed by atoms with van der Waals surface area (Å²) in [6.45, 7) is 1.05. The Morgan fingerprint density at radius 3 is 2.35 bits per heavy atom. The number of carbonyl (C=O) groups is 2. The zero-order valence-electron chi connectivity index (χ0n) is 18.1. The maximum atomic E-state index is 13.3. The summed E-state index contributed by atoms with van der Waals surface area (Å²) < 4.78 is 2.26. The van der Waals surface area contributed by atoms with Gasteiger partial charge in [-0.2, -0.15) is 0 Å². The number of nitrogens with zero attached hydrogens (tertiary/aromatic N) is 3. The minimum Gasteiger partial charge on any atom is -0.326 e. The quantitative estimate of drug-likeness (QED) is 0.443. The molecule has 0 aliphatic heterocycles. The van der Waals surface area contributed by atoms with Crippen LogP contribution < -0.4 is 21.9 Å². The highest BCUT2D eigenvalue weighted by atomic mass is 35.5. The molecule has 0 atom stereocenters. The van der Waals surface area contributed by atoms with Gasteiger partial charge in [0, 0.05) is 29.5 Å². The predicted molar refractivity (Wildman–Crippen MR) is 130 cm³/mol. The van der Waals surface area contributed by atoms with Crippen molar-refractivity contribution in [2.24, 2.45) is 0 Å². The molecule has 0 spiro atoms. The standard InChI is InChI=1S/C24H20ClN5O4/c1-15(31)27-18-4-2-5-19(12-18)28-21(32)14-29-20-6-3-11-26-22(20)23(33)30(24(29)34)13-16-7-9-17(25)10-8-16/h2-12H,13-14H2,1H3,(H,27,31)(H,28,32). The van der Waals surface area contributed by atoms with Gasteiger partial charge in [0.1, 0.15) is 6.54 Å². The third-order valence-corrected chi connectivity index (χ3v) is 5.26. The Morgan fingerprint density at radius 2 is 1.65 bits per heavy atom. The third kappa shape index (κ3) is 5.05. The Labute approximate surface area is 198 Å². The van der Waals surface area contributed by atoms with Crippen LogP contribution in [0.15, 0.2) is 76.4 Å². The van der Waals surface area contributed by atoms with Crippen LogP contribution >= 0.6 is 11.6 Å². The van der Waals surface area contributed by atoms with Gasteiger partial charge in [-0.3, -0.25) is 23.5 Å². The summed E-state index contributed by atoms with van der Waals surface area (Å²) in [6, 6.07) is 16.6. The molecule has 4 aromatic rings. The van der Waals surface area contributed by atoms with Crippen LogP contribution in [0.5, 0.6) is 0 Å². The number of halogens is 1. The summed E-state index contributed by atoms with van der Waals surface area (Å²) in [4.78, 5) is 54.5. The van der Waals surface area contributed by atoms with E-state index in [0.717, 1.165) is 4.57 Å². The van der Waals surface area contributed by atoms with Gasteiger partial charge >= 0.3 is 5.69 Å². The smallest absolute Gasteiger partial charge is 0.326 e. The number of anilines is 2. The number of benzene rings is 2. The highest BCUT2D eigenvalue weighted by Crippen LogP contribution is 2.15. The SMILES string of the molecule is CC(=O)Nc1cccc(NC(=O)Cn2c(=O)n(Cc3ccc(Cl)cc3)c(=O)c3ncccc32)c1. The molecule has 34 heavy (non-hydrogen) atoms. The monoisotopic (exact) mass is 477 g/mol. The minimum absolute atomic E-state index is 0.00172. The number of rotatable bonds is 6. The summed E-state index contributed by atoms with van der Waals surface area (Å²) in [7, 11) is 0. The second-order valence-electron chi connectivity index (χ2n) is 7.57. The number of carbonyl (C=O) groups excluding carboxylic acids is 2. The van der Waals surface area contributed by atoms with E-state index in [1.807, 2.05) is 0 Å². The lowest BCUT2D eigenvalue weighted by molar-refractivity contribution is -0.117. The van der Waals surface area contributed by atoms with Gasteiger partial charge in [-0.1, -0.05) is 29.8 Å². The van der Waals surface area contributed by atoms with E-state index in [2.05, 4.69) is 15.6 Å². The fraction of sp³-hybridized carbons (Fsp3) is 0.125. The van der Waals surface area contributed by atoms with Gasteiger partial charge in [-0.25, -0.2) is 9.78 Å². The van der Waals surface area contributed by atoms with E-state index in [9.17, 15) is 19.2 Å². The largest absolute Gasteiger partial charge is 0.332 e. The number of hydrogen-bond donors (Lipinski definition) is 2. The van der Waals surface area contributed by atoms with E-state index in [0.29, 0.717) is 22.0 Å². The Kier molecular flexibility index (Phi) is 6.55. The number of nitrogens with one attached hydrogen (secondary N) is 2.